The summed E-state index contributed by atoms with van der Waals surface area (Å²) in [5.74, 6) is 0.561. The summed E-state index contributed by atoms with van der Waals surface area (Å²) in [5.41, 5.74) is -0.410. The second kappa shape index (κ2) is 5.04. The van der Waals surface area contributed by atoms with Gasteiger partial charge in [-0.3, -0.25) is 0 Å². The van der Waals surface area contributed by atoms with Gasteiger partial charge in [-0.1, -0.05) is 6.92 Å². The van der Waals surface area contributed by atoms with Crippen molar-refractivity contribution in [3.05, 3.63) is 0 Å². The summed E-state index contributed by atoms with van der Waals surface area (Å²) >= 11 is 0. The molecule has 4 nitrogen and oxygen atoms in total. The molecule has 0 aliphatic carbocycles. The van der Waals surface area contributed by atoms with E-state index in [1.54, 1.807) is 0 Å². The topological polar surface area (TPSA) is 41.6 Å². The third kappa shape index (κ3) is 3.67. The number of ether oxygens (including phenoxy) is 1. The molecule has 0 saturated carbocycles. The van der Waals surface area contributed by atoms with Crippen LogP contribution in [0, 0.1) is 5.92 Å². The highest BCUT2D eigenvalue weighted by Gasteiger charge is 2.35. The molecule has 0 aromatic heterocycles. The van der Waals surface area contributed by atoms with E-state index in [9.17, 15) is 4.79 Å². The second-order valence-corrected chi connectivity index (χ2v) is 5.69. The second-order valence-electron chi connectivity index (χ2n) is 5.69. The van der Waals surface area contributed by atoms with Crippen LogP contribution in [0.2, 0.25) is 0 Å². The van der Waals surface area contributed by atoms with Crippen LogP contribution in [0.3, 0.4) is 0 Å². The van der Waals surface area contributed by atoms with E-state index < -0.39 is 5.60 Å². The Hall–Kier alpha value is -0.770. The summed E-state index contributed by atoms with van der Waals surface area (Å²) in [6.45, 7) is 9.52. The lowest BCUT2D eigenvalue weighted by Gasteiger charge is -2.28. The first-order valence-electron chi connectivity index (χ1n) is 5.97. The van der Waals surface area contributed by atoms with Crippen molar-refractivity contribution in [2.24, 2.45) is 5.92 Å². The molecule has 0 spiro atoms. The molecular formula is C12H24N2O2. The zero-order chi connectivity index (χ0) is 12.3. The Morgan fingerprint density at radius 1 is 1.50 bits per heavy atom. The predicted octanol–water partition coefficient (Wildman–Crippen LogP) is 1.85. The van der Waals surface area contributed by atoms with Crippen molar-refractivity contribution >= 4 is 6.09 Å². The molecule has 0 bridgehead atoms. The van der Waals surface area contributed by atoms with E-state index in [-0.39, 0.29) is 12.1 Å². The number of hydrogen-bond acceptors (Lipinski definition) is 3. The van der Waals surface area contributed by atoms with Crippen molar-refractivity contribution in [1.82, 2.24) is 10.2 Å². The molecule has 16 heavy (non-hydrogen) atoms. The first-order valence-corrected chi connectivity index (χ1v) is 5.97. The van der Waals surface area contributed by atoms with Crippen LogP contribution in [0.1, 0.15) is 34.1 Å². The average molecular weight is 228 g/mol. The van der Waals surface area contributed by atoms with E-state index in [0.717, 1.165) is 19.5 Å². The lowest BCUT2D eigenvalue weighted by molar-refractivity contribution is 0.0223. The fourth-order valence-corrected chi connectivity index (χ4v) is 2.12. The summed E-state index contributed by atoms with van der Waals surface area (Å²) in [6.07, 6.45) is 0.872. The van der Waals surface area contributed by atoms with Gasteiger partial charge < -0.3 is 15.0 Å². The number of nitrogens with zero attached hydrogens (tertiary/aromatic N) is 1. The van der Waals surface area contributed by atoms with Gasteiger partial charge >= 0.3 is 6.09 Å². The van der Waals surface area contributed by atoms with Gasteiger partial charge in [-0.25, -0.2) is 4.79 Å². The first-order chi connectivity index (χ1) is 7.33. The minimum absolute atomic E-state index is 0.183. The molecule has 0 aromatic rings. The smallest absolute Gasteiger partial charge is 0.410 e. The number of rotatable bonds is 2. The SMILES string of the molecule is CNC[C@H]1C[C@H](C)CN1C(=O)OC(C)(C)C. The van der Waals surface area contributed by atoms with Crippen LogP contribution in [0.4, 0.5) is 4.79 Å². The Kier molecular flexibility index (Phi) is 4.19. The molecule has 1 heterocycles. The molecule has 1 N–H and O–H groups in total. The Morgan fingerprint density at radius 2 is 2.12 bits per heavy atom. The van der Waals surface area contributed by atoms with E-state index in [1.165, 1.54) is 0 Å². The molecule has 1 aliphatic rings. The maximum Gasteiger partial charge on any atom is 0.410 e. The maximum atomic E-state index is 12.0. The molecule has 2 atom stereocenters. The van der Waals surface area contributed by atoms with Crippen LogP contribution in [0.15, 0.2) is 0 Å². The summed E-state index contributed by atoms with van der Waals surface area (Å²) in [4.78, 5) is 13.8. The third-order valence-electron chi connectivity index (χ3n) is 2.69. The van der Waals surface area contributed by atoms with Gasteiger partial charge in [0.2, 0.25) is 0 Å². The predicted molar refractivity (Wildman–Crippen MR) is 64.4 cm³/mol. The van der Waals surface area contributed by atoms with Gasteiger partial charge in [-0.05, 0) is 40.2 Å². The maximum absolute atomic E-state index is 12.0. The largest absolute Gasteiger partial charge is 0.444 e. The fourth-order valence-electron chi connectivity index (χ4n) is 2.12. The van der Waals surface area contributed by atoms with Crippen molar-refractivity contribution in [3.8, 4) is 0 Å². The van der Waals surface area contributed by atoms with Crippen LogP contribution in [0.25, 0.3) is 0 Å². The van der Waals surface area contributed by atoms with E-state index in [1.807, 2.05) is 32.7 Å². The van der Waals surface area contributed by atoms with Gasteiger partial charge in [0.1, 0.15) is 5.60 Å². The van der Waals surface area contributed by atoms with Crippen LogP contribution in [-0.4, -0.2) is 42.8 Å². The monoisotopic (exact) mass is 228 g/mol. The quantitative estimate of drug-likeness (QED) is 0.784. The fraction of sp³-hybridized carbons (Fsp3) is 0.917. The van der Waals surface area contributed by atoms with Gasteiger partial charge in [0.15, 0.2) is 0 Å². The summed E-state index contributed by atoms with van der Waals surface area (Å²) < 4.78 is 5.41. The van der Waals surface area contributed by atoms with E-state index in [2.05, 4.69) is 12.2 Å². The Morgan fingerprint density at radius 3 is 2.62 bits per heavy atom. The number of carbonyl (C=O) groups excluding carboxylic acids is 1. The highest BCUT2D eigenvalue weighted by Crippen LogP contribution is 2.24. The average Bonchev–Trinajstić information content (AvgIpc) is 2.44. The van der Waals surface area contributed by atoms with Gasteiger partial charge in [0.05, 0.1) is 0 Å². The van der Waals surface area contributed by atoms with E-state index >= 15 is 0 Å². The highest BCUT2D eigenvalue weighted by molar-refractivity contribution is 5.69. The molecule has 0 aromatic carbocycles. The minimum Gasteiger partial charge on any atom is -0.444 e. The zero-order valence-corrected chi connectivity index (χ0v) is 11.0. The summed E-state index contributed by atoms with van der Waals surface area (Å²) in [7, 11) is 1.91. The highest BCUT2D eigenvalue weighted by atomic mass is 16.6. The number of likely N-dealkylation sites (tertiary alicyclic amines) is 1. The molecule has 94 valence electrons. The van der Waals surface area contributed by atoms with E-state index in [4.69, 9.17) is 4.74 Å². The molecular weight excluding hydrogens is 204 g/mol. The molecule has 4 heteroatoms. The van der Waals surface area contributed by atoms with Crippen molar-refractivity contribution in [2.75, 3.05) is 20.1 Å². The summed E-state index contributed by atoms with van der Waals surface area (Å²) in [5, 5.41) is 3.13. The first kappa shape index (κ1) is 13.3. The lowest BCUT2D eigenvalue weighted by Crippen LogP contribution is -2.43. The Bertz CT molecular complexity index is 248. The normalized spacial score (nSPS) is 25.9. The van der Waals surface area contributed by atoms with Crippen LogP contribution >= 0.6 is 0 Å². The molecule has 0 unspecified atom stereocenters. The van der Waals surface area contributed by atoms with Crippen LogP contribution < -0.4 is 5.32 Å². The van der Waals surface area contributed by atoms with Crippen molar-refractivity contribution in [3.63, 3.8) is 0 Å². The Labute approximate surface area is 98.3 Å². The number of likely N-dealkylation sites (N-methyl/N-ethyl adjacent to an activating group) is 1. The molecule has 1 aliphatic heterocycles. The van der Waals surface area contributed by atoms with Crippen molar-refractivity contribution < 1.29 is 9.53 Å². The van der Waals surface area contributed by atoms with Gasteiger partial charge in [0.25, 0.3) is 0 Å². The number of carbonyl (C=O) groups is 1. The van der Waals surface area contributed by atoms with Gasteiger partial charge in [-0.15, -0.1) is 0 Å². The minimum atomic E-state index is -0.410. The van der Waals surface area contributed by atoms with Crippen molar-refractivity contribution in [1.29, 1.82) is 0 Å². The molecule has 1 rings (SSSR count). The molecule has 0 radical (unpaired) electrons. The molecule has 1 amide bonds. The zero-order valence-electron chi connectivity index (χ0n) is 11.0. The number of hydrogen-bond donors (Lipinski definition) is 1. The van der Waals surface area contributed by atoms with E-state index in [0.29, 0.717) is 5.92 Å². The Balaban J connectivity index is 2.59. The van der Waals surface area contributed by atoms with Crippen LogP contribution in [-0.2, 0) is 4.74 Å². The standard InChI is InChI=1S/C12H24N2O2/c1-9-6-10(7-13-5)14(8-9)11(15)16-12(2,3)4/h9-10,13H,6-8H2,1-5H3/t9-,10+/m0/s1. The van der Waals surface area contributed by atoms with Gasteiger partial charge in [0, 0.05) is 19.1 Å². The molecule has 1 saturated heterocycles. The summed E-state index contributed by atoms with van der Waals surface area (Å²) in [6, 6.07) is 0.273. The third-order valence-corrected chi connectivity index (χ3v) is 2.69. The number of nitrogens with one attached hydrogen (secondary N) is 1. The van der Waals surface area contributed by atoms with Crippen LogP contribution in [0.5, 0.6) is 0 Å². The lowest BCUT2D eigenvalue weighted by atomic mass is 10.1. The van der Waals surface area contributed by atoms with Gasteiger partial charge in [-0.2, -0.15) is 0 Å². The van der Waals surface area contributed by atoms with Crippen molar-refractivity contribution in [2.45, 2.75) is 45.8 Å². The molecule has 1 fully saturated rings. The number of amides is 1.